The predicted octanol–water partition coefficient (Wildman–Crippen LogP) is 0.886. The Labute approximate surface area is 66.9 Å². The van der Waals surface area contributed by atoms with Crippen LogP contribution in [0.3, 0.4) is 0 Å². The molecule has 0 atom stereocenters. The molecule has 0 aromatic carbocycles. The van der Waals surface area contributed by atoms with E-state index in [4.69, 9.17) is 5.73 Å². The van der Waals surface area contributed by atoms with Crippen molar-refractivity contribution >= 4 is 21.8 Å². The average molecular weight is 203 g/mol. The molecule has 1 aromatic rings. The van der Waals surface area contributed by atoms with Gasteiger partial charge >= 0.3 is 0 Å². The van der Waals surface area contributed by atoms with Gasteiger partial charge in [0.05, 0.1) is 0 Å². The van der Waals surface area contributed by atoms with Crippen molar-refractivity contribution in [2.75, 3.05) is 0 Å². The monoisotopic (exact) mass is 202 g/mol. The summed E-state index contributed by atoms with van der Waals surface area (Å²) < 4.78 is 2.41. The standard InChI is InChI=1S/C6H7BrN2O/c1-9-3-2-4(7)5(9)6(8)10/h2-3H,1H3,(H2,8,10). The summed E-state index contributed by atoms with van der Waals surface area (Å²) in [5.41, 5.74) is 5.57. The lowest BCUT2D eigenvalue weighted by Crippen LogP contribution is -2.15. The van der Waals surface area contributed by atoms with Gasteiger partial charge in [0.25, 0.3) is 5.91 Å². The minimum atomic E-state index is -0.417. The molecule has 2 N–H and O–H groups in total. The lowest BCUT2D eigenvalue weighted by atomic mass is 10.4. The minimum Gasteiger partial charge on any atom is -0.364 e. The van der Waals surface area contributed by atoms with Gasteiger partial charge in [0, 0.05) is 17.7 Å². The topological polar surface area (TPSA) is 48.0 Å². The van der Waals surface area contributed by atoms with Crippen LogP contribution in [0.15, 0.2) is 16.7 Å². The van der Waals surface area contributed by atoms with Crippen LogP contribution in [0, 0.1) is 0 Å². The molecule has 0 saturated carbocycles. The lowest BCUT2D eigenvalue weighted by Gasteiger charge is -1.96. The average Bonchev–Trinajstić information content (AvgIpc) is 2.11. The third kappa shape index (κ3) is 1.07. The molecule has 3 nitrogen and oxygen atoms in total. The van der Waals surface area contributed by atoms with Crippen LogP contribution in [-0.2, 0) is 7.05 Å². The Hall–Kier alpha value is -0.770. The molecule has 1 heterocycles. The fourth-order valence-electron chi connectivity index (χ4n) is 0.791. The third-order valence-corrected chi connectivity index (χ3v) is 1.90. The summed E-state index contributed by atoms with van der Waals surface area (Å²) in [7, 11) is 1.77. The number of primary amides is 1. The van der Waals surface area contributed by atoms with E-state index in [0.717, 1.165) is 4.47 Å². The normalized spacial score (nSPS) is 9.80. The molecule has 1 rings (SSSR count). The summed E-state index contributed by atoms with van der Waals surface area (Å²) >= 11 is 3.20. The predicted molar refractivity (Wildman–Crippen MR) is 41.6 cm³/mol. The molecule has 0 unspecified atom stereocenters. The van der Waals surface area contributed by atoms with Crippen LogP contribution in [-0.4, -0.2) is 10.5 Å². The van der Waals surface area contributed by atoms with E-state index in [9.17, 15) is 4.79 Å². The Kier molecular flexibility index (Phi) is 1.80. The first kappa shape index (κ1) is 7.34. The highest BCUT2D eigenvalue weighted by atomic mass is 79.9. The van der Waals surface area contributed by atoms with E-state index in [2.05, 4.69) is 15.9 Å². The Morgan fingerprint density at radius 3 is 2.60 bits per heavy atom. The number of nitrogens with zero attached hydrogens (tertiary/aromatic N) is 1. The molecule has 0 aliphatic rings. The van der Waals surface area contributed by atoms with Gasteiger partial charge in [-0.25, -0.2) is 0 Å². The zero-order valence-electron chi connectivity index (χ0n) is 5.47. The van der Waals surface area contributed by atoms with Crippen LogP contribution >= 0.6 is 15.9 Å². The Bertz CT molecular complexity index is 247. The van der Waals surface area contributed by atoms with Gasteiger partial charge in [-0.15, -0.1) is 0 Å². The fourth-order valence-corrected chi connectivity index (χ4v) is 1.38. The molecular weight excluding hydrogens is 196 g/mol. The van der Waals surface area contributed by atoms with Gasteiger partial charge in [-0.05, 0) is 22.0 Å². The largest absolute Gasteiger partial charge is 0.364 e. The van der Waals surface area contributed by atoms with Gasteiger partial charge in [0.15, 0.2) is 0 Å². The number of halogens is 1. The number of aromatic nitrogens is 1. The first-order valence-electron chi connectivity index (χ1n) is 2.73. The maximum Gasteiger partial charge on any atom is 0.266 e. The summed E-state index contributed by atoms with van der Waals surface area (Å²) in [4.78, 5) is 10.7. The second kappa shape index (κ2) is 2.46. The molecule has 0 fully saturated rings. The SMILES string of the molecule is Cn1ccc(Br)c1C(N)=O. The van der Waals surface area contributed by atoms with E-state index < -0.39 is 5.91 Å². The quantitative estimate of drug-likeness (QED) is 0.723. The number of carbonyl (C=O) groups is 1. The van der Waals surface area contributed by atoms with E-state index in [-0.39, 0.29) is 0 Å². The molecule has 0 spiro atoms. The van der Waals surface area contributed by atoms with Gasteiger partial charge in [0.2, 0.25) is 0 Å². The molecule has 0 bridgehead atoms. The molecule has 4 heteroatoms. The molecule has 1 amide bonds. The van der Waals surface area contributed by atoms with Gasteiger partial charge in [-0.2, -0.15) is 0 Å². The third-order valence-electron chi connectivity index (χ3n) is 1.26. The van der Waals surface area contributed by atoms with Crippen molar-refractivity contribution in [1.29, 1.82) is 0 Å². The van der Waals surface area contributed by atoms with Crippen LogP contribution < -0.4 is 5.73 Å². The zero-order chi connectivity index (χ0) is 7.72. The molecule has 0 aliphatic heterocycles. The molecule has 54 valence electrons. The Morgan fingerprint density at radius 1 is 1.80 bits per heavy atom. The van der Waals surface area contributed by atoms with Crippen molar-refractivity contribution in [3.05, 3.63) is 22.4 Å². The molecule has 1 aromatic heterocycles. The second-order valence-corrected chi connectivity index (χ2v) is 2.84. The van der Waals surface area contributed by atoms with Crippen LogP contribution in [0.2, 0.25) is 0 Å². The van der Waals surface area contributed by atoms with E-state index in [1.165, 1.54) is 0 Å². The fraction of sp³-hybridized carbons (Fsp3) is 0.167. The van der Waals surface area contributed by atoms with Crippen molar-refractivity contribution in [2.45, 2.75) is 0 Å². The summed E-state index contributed by atoms with van der Waals surface area (Å²) in [5, 5.41) is 0. The first-order valence-corrected chi connectivity index (χ1v) is 3.53. The van der Waals surface area contributed by atoms with Crippen LogP contribution in [0.25, 0.3) is 0 Å². The van der Waals surface area contributed by atoms with E-state index >= 15 is 0 Å². The summed E-state index contributed by atoms with van der Waals surface area (Å²) in [6.07, 6.45) is 1.77. The van der Waals surface area contributed by atoms with Gasteiger partial charge < -0.3 is 10.3 Å². The lowest BCUT2D eigenvalue weighted by molar-refractivity contribution is 0.0992. The number of carbonyl (C=O) groups excluding carboxylic acids is 1. The van der Waals surface area contributed by atoms with Crippen LogP contribution in [0.1, 0.15) is 10.5 Å². The van der Waals surface area contributed by atoms with Gasteiger partial charge in [-0.3, -0.25) is 4.79 Å². The maximum atomic E-state index is 10.7. The smallest absolute Gasteiger partial charge is 0.266 e. The van der Waals surface area contributed by atoms with Crippen molar-refractivity contribution in [1.82, 2.24) is 4.57 Å². The number of hydrogen-bond acceptors (Lipinski definition) is 1. The highest BCUT2D eigenvalue weighted by Gasteiger charge is 2.08. The molecule has 10 heavy (non-hydrogen) atoms. The highest BCUT2D eigenvalue weighted by Crippen LogP contribution is 2.15. The number of nitrogens with two attached hydrogens (primary N) is 1. The Morgan fingerprint density at radius 2 is 2.40 bits per heavy atom. The second-order valence-electron chi connectivity index (χ2n) is 1.99. The molecule has 0 saturated heterocycles. The molecular formula is C6H7BrN2O. The Balaban J connectivity index is 3.23. The first-order chi connectivity index (χ1) is 4.63. The van der Waals surface area contributed by atoms with Gasteiger partial charge in [-0.1, -0.05) is 0 Å². The van der Waals surface area contributed by atoms with E-state index in [1.54, 1.807) is 23.9 Å². The zero-order valence-corrected chi connectivity index (χ0v) is 7.05. The van der Waals surface area contributed by atoms with Crippen molar-refractivity contribution in [3.8, 4) is 0 Å². The van der Waals surface area contributed by atoms with Crippen molar-refractivity contribution in [3.63, 3.8) is 0 Å². The molecule has 0 radical (unpaired) electrons. The summed E-state index contributed by atoms with van der Waals surface area (Å²) in [6, 6.07) is 1.78. The van der Waals surface area contributed by atoms with Gasteiger partial charge in [0.1, 0.15) is 5.69 Å². The molecule has 0 aliphatic carbocycles. The number of rotatable bonds is 1. The number of aryl methyl sites for hydroxylation is 1. The van der Waals surface area contributed by atoms with E-state index in [0.29, 0.717) is 5.69 Å². The number of hydrogen-bond donors (Lipinski definition) is 1. The summed E-state index contributed by atoms with van der Waals surface area (Å²) in [5.74, 6) is -0.417. The van der Waals surface area contributed by atoms with Crippen molar-refractivity contribution < 1.29 is 4.79 Å². The van der Waals surface area contributed by atoms with Crippen LogP contribution in [0.5, 0.6) is 0 Å². The van der Waals surface area contributed by atoms with Crippen molar-refractivity contribution in [2.24, 2.45) is 12.8 Å². The summed E-state index contributed by atoms with van der Waals surface area (Å²) in [6.45, 7) is 0. The number of amides is 1. The maximum absolute atomic E-state index is 10.7. The van der Waals surface area contributed by atoms with E-state index in [1.807, 2.05) is 0 Å². The van der Waals surface area contributed by atoms with Crippen LogP contribution in [0.4, 0.5) is 0 Å². The minimum absolute atomic E-state index is 0.417. The highest BCUT2D eigenvalue weighted by molar-refractivity contribution is 9.10.